The van der Waals surface area contributed by atoms with E-state index in [2.05, 4.69) is 216 Å². The first-order valence-electron chi connectivity index (χ1n) is 19.2. The monoisotopic (exact) mass is 705 g/mol. The lowest BCUT2D eigenvalue weighted by molar-refractivity contribution is 0.594. The van der Waals surface area contributed by atoms with Gasteiger partial charge in [0.1, 0.15) is 0 Å². The van der Waals surface area contributed by atoms with Gasteiger partial charge < -0.3 is 13.7 Å². The molecule has 0 aliphatic carbocycles. The quantitative estimate of drug-likeness (QED) is 0.173. The van der Waals surface area contributed by atoms with Crippen molar-refractivity contribution in [3.05, 3.63) is 188 Å². The Morgan fingerprint density at radius 2 is 0.855 bits per heavy atom. The number of rotatable bonds is 4. The molecule has 0 saturated carbocycles. The summed E-state index contributed by atoms with van der Waals surface area (Å²) in [6.45, 7) is 7.06. The molecule has 0 aliphatic heterocycles. The largest absolute Gasteiger partial charge is 0.309 e. The van der Waals surface area contributed by atoms with E-state index in [1.807, 2.05) is 0 Å². The van der Waals surface area contributed by atoms with Crippen LogP contribution < -0.4 is 0 Å². The van der Waals surface area contributed by atoms with Gasteiger partial charge in [0.25, 0.3) is 0 Å². The van der Waals surface area contributed by atoms with E-state index >= 15 is 0 Å². The van der Waals surface area contributed by atoms with Gasteiger partial charge in [0, 0.05) is 49.3 Å². The van der Waals surface area contributed by atoms with Crippen LogP contribution in [0.4, 0.5) is 0 Å². The molecule has 3 heteroatoms. The van der Waals surface area contributed by atoms with Gasteiger partial charge in [-0.05, 0) is 83.3 Å². The Bertz CT molecular complexity index is 3280. The minimum atomic E-state index is -0.149. The van der Waals surface area contributed by atoms with Crippen molar-refractivity contribution in [3.63, 3.8) is 0 Å². The fourth-order valence-electron chi connectivity index (χ4n) is 9.20. The zero-order valence-electron chi connectivity index (χ0n) is 31.2. The van der Waals surface area contributed by atoms with E-state index in [9.17, 15) is 0 Å². The summed E-state index contributed by atoms with van der Waals surface area (Å²) in [5.41, 5.74) is 14.4. The first-order valence-corrected chi connectivity index (χ1v) is 19.2. The average Bonchev–Trinajstić information content (AvgIpc) is 3.86. The van der Waals surface area contributed by atoms with Crippen molar-refractivity contribution in [2.75, 3.05) is 0 Å². The molecule has 0 radical (unpaired) electrons. The minimum Gasteiger partial charge on any atom is -0.309 e. The Hall–Kier alpha value is -6.84. The van der Waals surface area contributed by atoms with Crippen LogP contribution in [0.2, 0.25) is 0 Å². The van der Waals surface area contributed by atoms with E-state index in [1.54, 1.807) is 0 Å². The number of aromatic nitrogens is 3. The van der Waals surface area contributed by atoms with Gasteiger partial charge in [0.2, 0.25) is 0 Å². The third kappa shape index (κ3) is 4.63. The summed E-state index contributed by atoms with van der Waals surface area (Å²) in [4.78, 5) is 0. The molecule has 0 aliphatic rings. The molecule has 11 rings (SSSR count). The molecule has 0 bridgehead atoms. The van der Waals surface area contributed by atoms with Gasteiger partial charge in [-0.3, -0.25) is 0 Å². The van der Waals surface area contributed by atoms with Crippen LogP contribution in [0, 0.1) is 0 Å². The van der Waals surface area contributed by atoms with Crippen LogP contribution in [0.25, 0.3) is 93.6 Å². The van der Waals surface area contributed by atoms with Crippen LogP contribution in [-0.2, 0) is 5.41 Å². The molecule has 0 amide bonds. The Labute approximate surface area is 319 Å². The zero-order valence-corrected chi connectivity index (χ0v) is 31.2. The van der Waals surface area contributed by atoms with Crippen molar-refractivity contribution in [1.82, 2.24) is 13.7 Å². The van der Waals surface area contributed by atoms with Gasteiger partial charge in [0.15, 0.2) is 0 Å². The van der Waals surface area contributed by atoms with E-state index < -0.39 is 0 Å². The lowest BCUT2D eigenvalue weighted by atomic mass is 9.84. The lowest BCUT2D eigenvalue weighted by Crippen LogP contribution is -2.14. The number of nitrogens with zero attached hydrogens (tertiary/aromatic N) is 3. The van der Waals surface area contributed by atoms with Crippen molar-refractivity contribution in [3.8, 4) is 28.2 Å². The number of para-hydroxylation sites is 6. The van der Waals surface area contributed by atoms with Crippen molar-refractivity contribution < 1.29 is 0 Å². The maximum atomic E-state index is 2.56. The molecular formula is C52H39N3. The predicted octanol–water partition coefficient (Wildman–Crippen LogP) is 13.9. The molecule has 11 aromatic rings. The Balaban J connectivity index is 1.25. The highest BCUT2D eigenvalue weighted by Crippen LogP contribution is 2.47. The van der Waals surface area contributed by atoms with Gasteiger partial charge in [-0.2, -0.15) is 0 Å². The van der Waals surface area contributed by atoms with Crippen LogP contribution in [0.1, 0.15) is 26.3 Å². The van der Waals surface area contributed by atoms with E-state index in [0.29, 0.717) is 0 Å². The summed E-state index contributed by atoms with van der Waals surface area (Å²) in [7, 11) is 0. The highest BCUT2D eigenvalue weighted by atomic mass is 15.0. The Morgan fingerprint density at radius 1 is 0.364 bits per heavy atom. The molecule has 0 N–H and O–H groups in total. The minimum absolute atomic E-state index is 0.149. The predicted molar refractivity (Wildman–Crippen MR) is 234 cm³/mol. The summed E-state index contributed by atoms with van der Waals surface area (Å²) >= 11 is 0. The molecule has 55 heavy (non-hydrogen) atoms. The molecule has 0 spiro atoms. The molecule has 262 valence electrons. The number of hydrogen-bond donors (Lipinski definition) is 0. The molecule has 0 unspecified atom stereocenters. The van der Waals surface area contributed by atoms with Crippen LogP contribution in [0.3, 0.4) is 0 Å². The van der Waals surface area contributed by atoms with Gasteiger partial charge >= 0.3 is 0 Å². The highest BCUT2D eigenvalue weighted by molar-refractivity contribution is 6.30. The third-order valence-electron chi connectivity index (χ3n) is 11.5. The summed E-state index contributed by atoms with van der Waals surface area (Å²) < 4.78 is 7.41. The summed E-state index contributed by atoms with van der Waals surface area (Å²) in [6.07, 6.45) is 0. The second-order valence-corrected chi connectivity index (χ2v) is 15.8. The lowest BCUT2D eigenvalue weighted by Gasteiger charge is -2.24. The van der Waals surface area contributed by atoms with E-state index in [0.717, 1.165) is 0 Å². The van der Waals surface area contributed by atoms with Crippen molar-refractivity contribution in [1.29, 1.82) is 0 Å². The topological polar surface area (TPSA) is 14.8 Å². The maximum absolute atomic E-state index is 2.56. The molecular weight excluding hydrogens is 667 g/mol. The number of fused-ring (bicyclic) bond motifs is 10. The first kappa shape index (κ1) is 31.7. The highest BCUT2D eigenvalue weighted by Gasteiger charge is 2.28. The van der Waals surface area contributed by atoms with Gasteiger partial charge in [-0.1, -0.05) is 136 Å². The van der Waals surface area contributed by atoms with Crippen molar-refractivity contribution in [2.45, 2.75) is 26.2 Å². The number of hydrogen-bond acceptors (Lipinski definition) is 0. The van der Waals surface area contributed by atoms with Crippen LogP contribution in [0.15, 0.2) is 182 Å². The van der Waals surface area contributed by atoms with Gasteiger partial charge in [0.05, 0.1) is 38.8 Å². The molecule has 8 aromatic carbocycles. The summed E-state index contributed by atoms with van der Waals surface area (Å²) in [5.74, 6) is 0. The zero-order chi connectivity index (χ0) is 36.8. The molecule has 3 heterocycles. The van der Waals surface area contributed by atoms with Crippen LogP contribution in [0.5, 0.6) is 0 Å². The number of benzene rings is 8. The molecule has 3 nitrogen and oxygen atoms in total. The summed E-state index contributed by atoms with van der Waals surface area (Å²) in [6, 6.07) is 66.7. The standard InChI is InChI=1S/C52H39N3/c1-52(2,3)42-33-48-49(39-24-12-16-28-45(39)54(48)36-20-8-5-9-21-36)50-40-25-13-17-29-46(40)55(51(42)50)43-26-14-10-22-37(43)34-30-31-47-41(32-34)38-23-11-15-27-44(38)53(47)35-18-6-4-7-19-35/h4-33H,1-3H3. The maximum Gasteiger partial charge on any atom is 0.0586 e. The van der Waals surface area contributed by atoms with Crippen molar-refractivity contribution >= 4 is 65.4 Å². The van der Waals surface area contributed by atoms with Crippen molar-refractivity contribution in [2.24, 2.45) is 0 Å². The first-order chi connectivity index (χ1) is 27.0. The summed E-state index contributed by atoms with van der Waals surface area (Å²) in [5, 5.41) is 7.64. The van der Waals surface area contributed by atoms with E-state index in [4.69, 9.17) is 0 Å². The van der Waals surface area contributed by atoms with E-state index in [1.165, 1.54) is 99.2 Å². The normalized spacial score (nSPS) is 12.3. The van der Waals surface area contributed by atoms with Gasteiger partial charge in [-0.25, -0.2) is 0 Å². The van der Waals surface area contributed by atoms with Crippen LogP contribution in [-0.4, -0.2) is 13.7 Å². The Kier molecular flexibility index (Phi) is 6.81. The second-order valence-electron chi connectivity index (χ2n) is 15.8. The Morgan fingerprint density at radius 3 is 1.51 bits per heavy atom. The molecule has 0 fully saturated rings. The third-order valence-corrected chi connectivity index (χ3v) is 11.5. The SMILES string of the molecule is CC(C)(C)c1cc2c(c3ccccc3n2-c2ccccc2)c2c3ccccc3n(-c3ccccc3-c3ccc4c(c3)c3ccccc3n4-c3ccccc3)c12. The van der Waals surface area contributed by atoms with Crippen LogP contribution >= 0.6 is 0 Å². The molecule has 3 aromatic heterocycles. The fraction of sp³-hybridized carbons (Fsp3) is 0.0769. The smallest absolute Gasteiger partial charge is 0.0586 e. The molecule has 0 saturated heterocycles. The van der Waals surface area contributed by atoms with Gasteiger partial charge in [-0.15, -0.1) is 0 Å². The fourth-order valence-corrected chi connectivity index (χ4v) is 9.20. The average molecular weight is 706 g/mol. The second kappa shape index (κ2) is 11.8. The molecule has 0 atom stereocenters. The van der Waals surface area contributed by atoms with E-state index in [-0.39, 0.29) is 5.41 Å².